The number of aromatic nitrogens is 3. The van der Waals surface area contributed by atoms with Crippen LogP contribution >= 0.6 is 11.3 Å². The van der Waals surface area contributed by atoms with Crippen molar-refractivity contribution in [1.29, 1.82) is 0 Å². The molecule has 20 heavy (non-hydrogen) atoms. The van der Waals surface area contributed by atoms with E-state index in [1.807, 2.05) is 28.8 Å². The molecule has 0 atom stereocenters. The van der Waals surface area contributed by atoms with Crippen LogP contribution in [0.2, 0.25) is 0 Å². The van der Waals surface area contributed by atoms with Gasteiger partial charge in [0.15, 0.2) is 0 Å². The first-order valence-corrected chi connectivity index (χ1v) is 7.18. The van der Waals surface area contributed by atoms with E-state index in [0.29, 0.717) is 0 Å². The van der Waals surface area contributed by atoms with Crippen LogP contribution in [0.1, 0.15) is 0 Å². The fourth-order valence-corrected chi connectivity index (χ4v) is 3.39. The lowest BCUT2D eigenvalue weighted by atomic mass is 10.1. The first kappa shape index (κ1) is 11.4. The summed E-state index contributed by atoms with van der Waals surface area (Å²) >= 11 is 1.67. The van der Waals surface area contributed by atoms with Crippen molar-refractivity contribution in [3.05, 3.63) is 67.0 Å². The second kappa shape index (κ2) is 4.58. The lowest BCUT2D eigenvalue weighted by Gasteiger charge is -2.04. The van der Waals surface area contributed by atoms with Crippen LogP contribution < -0.4 is 0 Å². The summed E-state index contributed by atoms with van der Waals surface area (Å²) in [5.74, 6) is 0. The SMILES string of the molecule is c1ccc(-c2sc3ncnn3c2-c2ccccc2)cc1. The van der Waals surface area contributed by atoms with Gasteiger partial charge in [-0.3, -0.25) is 0 Å². The van der Waals surface area contributed by atoms with E-state index in [1.54, 1.807) is 17.7 Å². The minimum atomic E-state index is 0.919. The van der Waals surface area contributed by atoms with Crippen LogP contribution in [0.25, 0.3) is 26.7 Å². The van der Waals surface area contributed by atoms with Gasteiger partial charge in [0, 0.05) is 5.56 Å². The largest absolute Gasteiger partial charge is 0.213 e. The Morgan fingerprint density at radius 2 is 1.45 bits per heavy atom. The number of thiazole rings is 1. The summed E-state index contributed by atoms with van der Waals surface area (Å²) in [6, 6.07) is 20.7. The Labute approximate surface area is 120 Å². The van der Waals surface area contributed by atoms with Crippen LogP contribution in [0.15, 0.2) is 67.0 Å². The Morgan fingerprint density at radius 3 is 2.15 bits per heavy atom. The summed E-state index contributed by atoms with van der Waals surface area (Å²) in [6.07, 6.45) is 1.60. The van der Waals surface area contributed by atoms with Crippen LogP contribution in [-0.2, 0) is 0 Å². The number of hydrogen-bond donors (Lipinski definition) is 0. The molecule has 0 aliphatic heterocycles. The molecule has 0 aliphatic carbocycles. The van der Waals surface area contributed by atoms with Gasteiger partial charge in [-0.05, 0) is 5.56 Å². The zero-order valence-electron chi connectivity index (χ0n) is 10.6. The average molecular weight is 277 g/mol. The van der Waals surface area contributed by atoms with Crippen LogP contribution in [-0.4, -0.2) is 14.6 Å². The maximum absolute atomic E-state index is 4.36. The number of fused-ring (bicyclic) bond motifs is 1. The smallest absolute Gasteiger partial charge is 0.206 e. The molecule has 0 amide bonds. The molecule has 0 saturated heterocycles. The Morgan fingerprint density at radius 1 is 0.800 bits per heavy atom. The Hall–Kier alpha value is -2.46. The summed E-state index contributed by atoms with van der Waals surface area (Å²) in [6.45, 7) is 0. The summed E-state index contributed by atoms with van der Waals surface area (Å²) in [7, 11) is 0. The molecule has 96 valence electrons. The third-order valence-corrected chi connectivity index (χ3v) is 4.31. The van der Waals surface area contributed by atoms with E-state index in [1.165, 1.54) is 10.4 Å². The summed E-state index contributed by atoms with van der Waals surface area (Å²) < 4.78 is 1.92. The van der Waals surface area contributed by atoms with Crippen molar-refractivity contribution in [2.75, 3.05) is 0 Å². The van der Waals surface area contributed by atoms with Crippen LogP contribution in [0.5, 0.6) is 0 Å². The van der Waals surface area contributed by atoms with Gasteiger partial charge in [0.25, 0.3) is 0 Å². The Bertz CT molecular complexity index is 847. The quantitative estimate of drug-likeness (QED) is 0.551. The first-order valence-electron chi connectivity index (χ1n) is 6.37. The highest BCUT2D eigenvalue weighted by atomic mass is 32.1. The van der Waals surface area contributed by atoms with Gasteiger partial charge in [-0.2, -0.15) is 5.10 Å². The molecule has 0 N–H and O–H groups in total. The van der Waals surface area contributed by atoms with Crippen molar-refractivity contribution in [2.45, 2.75) is 0 Å². The molecule has 4 rings (SSSR count). The second-order valence-electron chi connectivity index (χ2n) is 4.47. The van der Waals surface area contributed by atoms with Gasteiger partial charge < -0.3 is 0 Å². The van der Waals surface area contributed by atoms with Gasteiger partial charge >= 0.3 is 0 Å². The van der Waals surface area contributed by atoms with Crippen molar-refractivity contribution in [3.8, 4) is 21.7 Å². The summed E-state index contributed by atoms with van der Waals surface area (Å²) in [5, 5.41) is 4.36. The van der Waals surface area contributed by atoms with Gasteiger partial charge in [0.05, 0.1) is 10.6 Å². The standard InChI is InChI=1S/C16H11N3S/c1-3-7-12(8-4-1)14-15(13-9-5-2-6-10-13)20-16-17-11-18-19(14)16/h1-11H. The van der Waals surface area contributed by atoms with E-state index in [9.17, 15) is 0 Å². The van der Waals surface area contributed by atoms with E-state index < -0.39 is 0 Å². The molecule has 2 aromatic heterocycles. The first-order chi connectivity index (χ1) is 9.93. The van der Waals surface area contributed by atoms with E-state index in [2.05, 4.69) is 46.5 Å². The number of hydrogen-bond acceptors (Lipinski definition) is 3. The molecule has 0 unspecified atom stereocenters. The predicted molar refractivity (Wildman–Crippen MR) is 81.7 cm³/mol. The highest BCUT2D eigenvalue weighted by Crippen LogP contribution is 2.38. The zero-order chi connectivity index (χ0) is 13.4. The van der Waals surface area contributed by atoms with Gasteiger partial charge in [0.2, 0.25) is 4.96 Å². The van der Waals surface area contributed by atoms with Crippen molar-refractivity contribution >= 4 is 16.3 Å². The molecule has 0 fully saturated rings. The molecule has 2 heterocycles. The molecular formula is C16H11N3S. The van der Waals surface area contributed by atoms with E-state index in [0.717, 1.165) is 16.2 Å². The highest BCUT2D eigenvalue weighted by Gasteiger charge is 2.16. The fraction of sp³-hybridized carbons (Fsp3) is 0. The van der Waals surface area contributed by atoms with Gasteiger partial charge in [-0.15, -0.1) is 0 Å². The molecule has 0 spiro atoms. The predicted octanol–water partition coefficient (Wildman–Crippen LogP) is 4.12. The Kier molecular flexibility index (Phi) is 2.60. The van der Waals surface area contributed by atoms with E-state index >= 15 is 0 Å². The molecular weight excluding hydrogens is 266 g/mol. The fourth-order valence-electron chi connectivity index (χ4n) is 2.32. The van der Waals surface area contributed by atoms with Crippen molar-refractivity contribution < 1.29 is 0 Å². The Balaban J connectivity index is 2.05. The maximum atomic E-state index is 4.36. The number of nitrogens with zero attached hydrogens (tertiary/aromatic N) is 3. The molecule has 0 saturated carbocycles. The minimum absolute atomic E-state index is 0.919. The normalized spacial score (nSPS) is 11.0. The van der Waals surface area contributed by atoms with Gasteiger partial charge in [0.1, 0.15) is 6.33 Å². The highest BCUT2D eigenvalue weighted by molar-refractivity contribution is 7.20. The molecule has 0 radical (unpaired) electrons. The minimum Gasteiger partial charge on any atom is -0.206 e. The van der Waals surface area contributed by atoms with Crippen molar-refractivity contribution in [2.24, 2.45) is 0 Å². The van der Waals surface area contributed by atoms with Gasteiger partial charge in [-0.1, -0.05) is 72.0 Å². The molecule has 3 nitrogen and oxygen atoms in total. The molecule has 0 bridgehead atoms. The summed E-state index contributed by atoms with van der Waals surface area (Å²) in [5.41, 5.74) is 3.46. The van der Waals surface area contributed by atoms with E-state index in [-0.39, 0.29) is 0 Å². The molecule has 4 aromatic rings. The lowest BCUT2D eigenvalue weighted by molar-refractivity contribution is 0.985. The average Bonchev–Trinajstić information content (AvgIpc) is 3.09. The van der Waals surface area contributed by atoms with Crippen molar-refractivity contribution in [1.82, 2.24) is 14.6 Å². The topological polar surface area (TPSA) is 30.2 Å². The third kappa shape index (κ3) is 1.73. The van der Waals surface area contributed by atoms with Crippen LogP contribution in [0, 0.1) is 0 Å². The van der Waals surface area contributed by atoms with Crippen molar-refractivity contribution in [3.63, 3.8) is 0 Å². The zero-order valence-corrected chi connectivity index (χ0v) is 11.4. The van der Waals surface area contributed by atoms with Gasteiger partial charge in [-0.25, -0.2) is 9.50 Å². The second-order valence-corrected chi connectivity index (χ2v) is 5.44. The number of benzene rings is 2. The monoisotopic (exact) mass is 277 g/mol. The van der Waals surface area contributed by atoms with Crippen LogP contribution in [0.4, 0.5) is 0 Å². The molecule has 2 aromatic carbocycles. The molecule has 0 aliphatic rings. The number of rotatable bonds is 2. The lowest BCUT2D eigenvalue weighted by Crippen LogP contribution is -1.89. The summed E-state index contributed by atoms with van der Waals surface area (Å²) in [4.78, 5) is 6.44. The van der Waals surface area contributed by atoms with Crippen LogP contribution in [0.3, 0.4) is 0 Å². The maximum Gasteiger partial charge on any atom is 0.213 e. The van der Waals surface area contributed by atoms with E-state index in [4.69, 9.17) is 0 Å². The molecule has 4 heteroatoms. The third-order valence-electron chi connectivity index (χ3n) is 3.22.